The van der Waals surface area contributed by atoms with Crippen LogP contribution in [-0.2, 0) is 21.2 Å². The summed E-state index contributed by atoms with van der Waals surface area (Å²) in [4.78, 5) is 18.9. The Kier molecular flexibility index (Phi) is 6.35. The van der Waals surface area contributed by atoms with Gasteiger partial charge >= 0.3 is 0 Å². The van der Waals surface area contributed by atoms with Crippen molar-refractivity contribution in [2.24, 2.45) is 5.92 Å². The predicted molar refractivity (Wildman–Crippen MR) is 130 cm³/mol. The topological polar surface area (TPSA) is 73.0 Å². The summed E-state index contributed by atoms with van der Waals surface area (Å²) in [7, 11) is -3.64. The molecule has 0 aromatic heterocycles. The van der Waals surface area contributed by atoms with Crippen LogP contribution in [0.25, 0.3) is 0 Å². The minimum absolute atomic E-state index is 0.0528. The first-order valence-electron chi connectivity index (χ1n) is 12.0. The van der Waals surface area contributed by atoms with Crippen molar-refractivity contribution in [3.63, 3.8) is 0 Å². The van der Waals surface area contributed by atoms with Crippen molar-refractivity contribution in [2.45, 2.75) is 37.1 Å². The molecular formula is C25H31FN4O3S. The van der Waals surface area contributed by atoms with Crippen LogP contribution in [0, 0.1) is 11.7 Å². The molecule has 0 radical (unpaired) electrons. The molecule has 1 atom stereocenters. The van der Waals surface area contributed by atoms with Gasteiger partial charge in [-0.25, -0.2) is 17.5 Å². The number of amides is 1. The summed E-state index contributed by atoms with van der Waals surface area (Å²) in [6, 6.07) is 11.9. The molecule has 2 aromatic rings. The molecule has 1 saturated carbocycles. The number of nitrogens with zero attached hydrogens (tertiary/aromatic N) is 3. The van der Waals surface area contributed by atoms with Gasteiger partial charge in [-0.1, -0.05) is 12.1 Å². The summed E-state index contributed by atoms with van der Waals surface area (Å²) in [6.45, 7) is 5.81. The number of hydrogen-bond acceptors (Lipinski definition) is 5. The smallest absolute Gasteiger partial charge is 0.240 e. The fourth-order valence-corrected chi connectivity index (χ4v) is 6.05. The van der Waals surface area contributed by atoms with Gasteiger partial charge < -0.3 is 9.80 Å². The zero-order valence-corrected chi connectivity index (χ0v) is 20.2. The van der Waals surface area contributed by atoms with Gasteiger partial charge in [0.1, 0.15) is 5.82 Å². The van der Waals surface area contributed by atoms with E-state index >= 15 is 0 Å². The standard InChI is InChI=1S/C25H31FN4O3S/c1-18-16-20-17-21(8-9-23(20)30(18)25(31)19-6-7-19)34(32,33)27-10-11-28-12-14-29(15-13-28)24-5-3-2-4-22(24)26/h2-5,8-9,17-19,27H,6-7,10-16H2,1H3/t18-/m0/s1. The Bertz CT molecular complexity index is 1180. The van der Waals surface area contributed by atoms with Crippen molar-refractivity contribution < 1.29 is 17.6 Å². The van der Waals surface area contributed by atoms with Crippen LogP contribution in [0.5, 0.6) is 0 Å². The van der Waals surface area contributed by atoms with E-state index in [1.807, 2.05) is 22.8 Å². The summed E-state index contributed by atoms with van der Waals surface area (Å²) in [5.74, 6) is 0.0783. The number of piperazine rings is 1. The van der Waals surface area contributed by atoms with Crippen LogP contribution >= 0.6 is 0 Å². The Labute approximate surface area is 200 Å². The quantitative estimate of drug-likeness (QED) is 0.652. The lowest BCUT2D eigenvalue weighted by molar-refractivity contribution is -0.120. The molecule has 182 valence electrons. The number of para-hydroxylation sites is 1. The minimum Gasteiger partial charge on any atom is -0.367 e. The van der Waals surface area contributed by atoms with Crippen molar-refractivity contribution in [1.82, 2.24) is 9.62 Å². The highest BCUT2D eigenvalue weighted by molar-refractivity contribution is 7.89. The van der Waals surface area contributed by atoms with Gasteiger partial charge in [-0.15, -0.1) is 0 Å². The van der Waals surface area contributed by atoms with Gasteiger partial charge in [0.25, 0.3) is 0 Å². The molecule has 7 nitrogen and oxygen atoms in total. The predicted octanol–water partition coefficient (Wildman–Crippen LogP) is 2.61. The van der Waals surface area contributed by atoms with Crippen LogP contribution in [0.15, 0.2) is 47.4 Å². The van der Waals surface area contributed by atoms with Crippen molar-refractivity contribution >= 4 is 27.3 Å². The summed E-state index contributed by atoms with van der Waals surface area (Å²) in [5.41, 5.74) is 2.37. The largest absolute Gasteiger partial charge is 0.367 e. The first-order valence-corrected chi connectivity index (χ1v) is 13.5. The molecule has 0 bridgehead atoms. The van der Waals surface area contributed by atoms with Crippen molar-refractivity contribution in [3.8, 4) is 0 Å². The summed E-state index contributed by atoms with van der Waals surface area (Å²) < 4.78 is 42.5. The Balaban J connectivity index is 1.15. The summed E-state index contributed by atoms with van der Waals surface area (Å²) in [5, 5.41) is 0. The average molecular weight is 487 g/mol. The second-order valence-electron chi connectivity index (χ2n) is 9.50. The molecular weight excluding hydrogens is 455 g/mol. The van der Waals surface area contributed by atoms with Crippen molar-refractivity contribution in [2.75, 3.05) is 49.1 Å². The third-order valence-corrected chi connectivity index (χ3v) is 8.49. The van der Waals surface area contributed by atoms with E-state index in [-0.39, 0.29) is 28.6 Å². The molecule has 0 spiro atoms. The monoisotopic (exact) mass is 486 g/mol. The zero-order valence-electron chi connectivity index (χ0n) is 19.4. The molecule has 1 N–H and O–H groups in total. The highest BCUT2D eigenvalue weighted by Crippen LogP contribution is 2.39. The first-order chi connectivity index (χ1) is 16.3. The third-order valence-electron chi connectivity index (χ3n) is 7.03. The summed E-state index contributed by atoms with van der Waals surface area (Å²) in [6.07, 6.45) is 2.57. The van der Waals surface area contributed by atoms with E-state index < -0.39 is 10.0 Å². The number of fused-ring (bicyclic) bond motifs is 1. The van der Waals surface area contributed by atoms with Crippen LogP contribution in [0.2, 0.25) is 0 Å². The van der Waals surface area contributed by atoms with Crippen LogP contribution in [-0.4, -0.2) is 64.5 Å². The van der Waals surface area contributed by atoms with Gasteiger partial charge in [0, 0.05) is 56.9 Å². The van der Waals surface area contributed by atoms with Gasteiger partial charge in [0.2, 0.25) is 15.9 Å². The molecule has 2 fully saturated rings. The molecule has 1 aliphatic carbocycles. The Hall–Kier alpha value is -2.49. The van der Waals surface area contributed by atoms with E-state index in [0.29, 0.717) is 38.3 Å². The van der Waals surface area contributed by atoms with Crippen molar-refractivity contribution in [3.05, 3.63) is 53.8 Å². The average Bonchev–Trinajstić information content (AvgIpc) is 3.61. The number of benzene rings is 2. The number of rotatable bonds is 7. The van der Waals surface area contributed by atoms with Gasteiger partial charge in [0.05, 0.1) is 10.6 Å². The second kappa shape index (κ2) is 9.28. The molecule has 0 unspecified atom stereocenters. The lowest BCUT2D eigenvalue weighted by atomic mass is 10.1. The number of nitrogens with one attached hydrogen (secondary N) is 1. The van der Waals surface area contributed by atoms with E-state index in [1.165, 1.54) is 6.07 Å². The number of carbonyl (C=O) groups excluding carboxylic acids is 1. The third kappa shape index (κ3) is 4.69. The molecule has 2 aliphatic heterocycles. The Morgan fingerprint density at radius 1 is 1.06 bits per heavy atom. The zero-order chi connectivity index (χ0) is 23.9. The normalized spacial score (nSPS) is 21.1. The van der Waals surface area contributed by atoms with E-state index in [9.17, 15) is 17.6 Å². The van der Waals surface area contributed by atoms with Gasteiger partial charge in [-0.05, 0) is 62.1 Å². The molecule has 2 aromatic carbocycles. The molecule has 2 heterocycles. The fourth-order valence-electron chi connectivity index (χ4n) is 4.98. The SMILES string of the molecule is C[C@H]1Cc2cc(S(=O)(=O)NCCN3CCN(c4ccccc4F)CC3)ccc2N1C(=O)C1CC1. The van der Waals surface area contributed by atoms with Gasteiger partial charge in [0.15, 0.2) is 0 Å². The van der Waals surface area contributed by atoms with Crippen LogP contribution in [0.3, 0.4) is 0 Å². The first kappa shape index (κ1) is 23.3. The molecule has 3 aliphatic rings. The van der Waals surface area contributed by atoms with E-state index in [2.05, 4.69) is 9.62 Å². The van der Waals surface area contributed by atoms with Crippen LogP contribution in [0.1, 0.15) is 25.3 Å². The number of sulfonamides is 1. The second-order valence-corrected chi connectivity index (χ2v) is 11.3. The molecule has 34 heavy (non-hydrogen) atoms. The lowest BCUT2D eigenvalue weighted by Gasteiger charge is -2.36. The maximum atomic E-state index is 14.0. The van der Waals surface area contributed by atoms with Crippen molar-refractivity contribution in [1.29, 1.82) is 0 Å². The maximum Gasteiger partial charge on any atom is 0.240 e. The molecule has 5 rings (SSSR count). The number of carbonyl (C=O) groups is 1. The Morgan fingerprint density at radius 3 is 2.50 bits per heavy atom. The summed E-state index contributed by atoms with van der Waals surface area (Å²) >= 11 is 0. The van der Waals surface area contributed by atoms with Crippen LogP contribution < -0.4 is 14.5 Å². The van der Waals surface area contributed by atoms with Crippen LogP contribution in [0.4, 0.5) is 15.8 Å². The molecule has 1 saturated heterocycles. The number of hydrogen-bond donors (Lipinski definition) is 1. The molecule has 1 amide bonds. The van der Waals surface area contributed by atoms with E-state index in [1.54, 1.807) is 30.3 Å². The van der Waals surface area contributed by atoms with Gasteiger partial charge in [-0.2, -0.15) is 0 Å². The van der Waals surface area contributed by atoms with E-state index in [0.717, 1.165) is 37.2 Å². The highest BCUT2D eigenvalue weighted by atomic mass is 32.2. The Morgan fingerprint density at radius 2 is 1.79 bits per heavy atom. The lowest BCUT2D eigenvalue weighted by Crippen LogP contribution is -2.48. The van der Waals surface area contributed by atoms with Gasteiger partial charge in [-0.3, -0.25) is 9.69 Å². The highest BCUT2D eigenvalue weighted by Gasteiger charge is 2.39. The number of anilines is 2. The molecule has 9 heteroatoms. The maximum absolute atomic E-state index is 14.0. The fraction of sp³-hybridized carbons (Fsp3) is 0.480. The van der Waals surface area contributed by atoms with E-state index in [4.69, 9.17) is 0 Å². The minimum atomic E-state index is -3.64. The number of halogens is 1.